The van der Waals surface area contributed by atoms with Gasteiger partial charge in [-0.1, -0.05) is 179 Å². The first kappa shape index (κ1) is 55.5. The Labute approximate surface area is 351 Å². The van der Waals surface area contributed by atoms with Crippen molar-refractivity contribution in [2.75, 3.05) is 47.5 Å². The molecule has 0 aliphatic heterocycles. The summed E-state index contributed by atoms with van der Waals surface area (Å²) in [4.78, 5) is 35.3. The molecule has 9 nitrogen and oxygen atoms in total. The molecule has 10 heteroatoms. The predicted octanol–water partition coefficient (Wildman–Crippen LogP) is 13.5. The average Bonchev–Trinajstić information content (AvgIpc) is 3.16. The molecule has 0 amide bonds. The zero-order chi connectivity index (χ0) is 42.1. The number of carbonyl (C=O) groups excluding carboxylic acids is 2. The third kappa shape index (κ3) is 43.9. The SMILES string of the molecule is CCCCCCC/C=C\C/C=C\CCCCCCCCCCCCCC(=O)OC(COC(=O)CCCCCCCCCCCC)COP(=O)(O)OCC[N+](C)(C)C. The second kappa shape index (κ2) is 39.9. The maximum atomic E-state index is 12.7. The van der Waals surface area contributed by atoms with E-state index in [9.17, 15) is 19.0 Å². The molecule has 0 aromatic carbocycles. The summed E-state index contributed by atoms with van der Waals surface area (Å²) in [6, 6.07) is 0. The lowest BCUT2D eigenvalue weighted by molar-refractivity contribution is -0.870. The van der Waals surface area contributed by atoms with Crippen molar-refractivity contribution in [1.29, 1.82) is 0 Å². The van der Waals surface area contributed by atoms with E-state index in [1.807, 2.05) is 21.1 Å². The summed E-state index contributed by atoms with van der Waals surface area (Å²) < 4.78 is 34.3. The Hall–Kier alpha value is -1.51. The van der Waals surface area contributed by atoms with Crippen LogP contribution in [0.5, 0.6) is 0 Å². The summed E-state index contributed by atoms with van der Waals surface area (Å²) in [6.45, 7) is 4.41. The molecule has 2 unspecified atom stereocenters. The summed E-state index contributed by atoms with van der Waals surface area (Å²) in [7, 11) is 1.48. The number of unbranched alkanes of at least 4 members (excludes halogenated alkanes) is 25. The van der Waals surface area contributed by atoms with Gasteiger partial charge in [-0.3, -0.25) is 18.6 Å². The van der Waals surface area contributed by atoms with Gasteiger partial charge in [0.1, 0.15) is 19.8 Å². The number of likely N-dealkylation sites (N-methyl/N-ethyl adjacent to an activating group) is 1. The highest BCUT2D eigenvalue weighted by Gasteiger charge is 2.27. The molecule has 0 bridgehead atoms. The summed E-state index contributed by atoms with van der Waals surface area (Å²) in [5.41, 5.74) is 0. The molecule has 0 heterocycles. The van der Waals surface area contributed by atoms with E-state index < -0.39 is 26.5 Å². The molecular formula is C47H91NO8P+. The third-order valence-electron chi connectivity index (χ3n) is 10.2. The van der Waals surface area contributed by atoms with Gasteiger partial charge in [-0.05, 0) is 44.9 Å². The van der Waals surface area contributed by atoms with E-state index in [0.29, 0.717) is 23.9 Å². The number of quaternary nitrogens is 1. The Balaban J connectivity index is 4.20. The maximum absolute atomic E-state index is 12.7. The number of hydrogen-bond acceptors (Lipinski definition) is 7. The van der Waals surface area contributed by atoms with Gasteiger partial charge in [-0.25, -0.2) is 4.57 Å². The van der Waals surface area contributed by atoms with Crippen molar-refractivity contribution in [1.82, 2.24) is 0 Å². The fourth-order valence-electron chi connectivity index (χ4n) is 6.52. The summed E-state index contributed by atoms with van der Waals surface area (Å²) in [6.07, 6.45) is 43.7. The molecule has 2 atom stereocenters. The second-order valence-electron chi connectivity index (χ2n) is 17.1. The number of rotatable bonds is 43. The van der Waals surface area contributed by atoms with Gasteiger partial charge in [-0.15, -0.1) is 0 Å². The molecule has 0 saturated heterocycles. The van der Waals surface area contributed by atoms with E-state index in [1.165, 1.54) is 141 Å². The standard InChI is InChI=1S/C47H90NO8P/c1-6-8-10-12-14-16-18-19-20-21-22-23-24-25-26-27-28-29-30-32-34-36-38-40-47(50)56-45(44-55-57(51,52)54-42-41-48(3,4)5)43-53-46(49)39-37-35-33-31-17-15-13-11-9-7-2/h18-19,21-22,45H,6-17,20,23-44H2,1-5H3/p+1/b19-18-,22-21-. The third-order valence-corrected chi connectivity index (χ3v) is 11.2. The number of ether oxygens (including phenoxy) is 2. The van der Waals surface area contributed by atoms with Crippen molar-refractivity contribution >= 4 is 19.8 Å². The van der Waals surface area contributed by atoms with Gasteiger partial charge >= 0.3 is 19.8 Å². The van der Waals surface area contributed by atoms with E-state index in [2.05, 4.69) is 38.2 Å². The monoisotopic (exact) mass is 829 g/mol. The van der Waals surface area contributed by atoms with E-state index in [0.717, 1.165) is 38.5 Å². The van der Waals surface area contributed by atoms with Crippen LogP contribution in [0.4, 0.5) is 0 Å². The minimum absolute atomic E-state index is 0.0333. The van der Waals surface area contributed by atoms with Crippen LogP contribution in [-0.4, -0.2) is 74.9 Å². The Morgan fingerprint density at radius 3 is 1.39 bits per heavy atom. The molecule has 0 aromatic rings. The highest BCUT2D eigenvalue weighted by molar-refractivity contribution is 7.47. The lowest BCUT2D eigenvalue weighted by Crippen LogP contribution is -2.37. The number of nitrogens with zero attached hydrogens (tertiary/aromatic N) is 1. The molecule has 0 aliphatic carbocycles. The number of phosphoric acid groups is 1. The first-order valence-electron chi connectivity index (χ1n) is 23.6. The van der Waals surface area contributed by atoms with Gasteiger partial charge in [0.15, 0.2) is 6.10 Å². The van der Waals surface area contributed by atoms with Crippen molar-refractivity contribution in [2.24, 2.45) is 0 Å². The second-order valence-corrected chi connectivity index (χ2v) is 18.6. The Kier molecular flexibility index (Phi) is 38.9. The lowest BCUT2D eigenvalue weighted by atomic mass is 10.0. The van der Waals surface area contributed by atoms with Crippen LogP contribution in [0.25, 0.3) is 0 Å². The molecule has 0 spiro atoms. The molecular weight excluding hydrogens is 737 g/mol. The van der Waals surface area contributed by atoms with E-state index >= 15 is 0 Å². The number of phosphoric ester groups is 1. The molecule has 336 valence electrons. The summed E-state index contributed by atoms with van der Waals surface area (Å²) in [5.74, 6) is -0.795. The zero-order valence-corrected chi connectivity index (χ0v) is 38.7. The van der Waals surface area contributed by atoms with Crippen LogP contribution in [0.15, 0.2) is 24.3 Å². The molecule has 0 fully saturated rings. The molecule has 0 aromatic heterocycles. The van der Waals surface area contributed by atoms with Gasteiger partial charge in [-0.2, -0.15) is 0 Å². The topological polar surface area (TPSA) is 108 Å². The molecule has 0 saturated carbocycles. The van der Waals surface area contributed by atoms with Crippen LogP contribution in [0.2, 0.25) is 0 Å². The Morgan fingerprint density at radius 2 is 0.947 bits per heavy atom. The van der Waals surface area contributed by atoms with E-state index in [-0.39, 0.29) is 25.6 Å². The summed E-state index contributed by atoms with van der Waals surface area (Å²) >= 11 is 0. The molecule has 0 radical (unpaired) electrons. The van der Waals surface area contributed by atoms with Crippen LogP contribution in [-0.2, 0) is 32.7 Å². The van der Waals surface area contributed by atoms with Crippen LogP contribution in [0.1, 0.15) is 213 Å². The largest absolute Gasteiger partial charge is 0.472 e. The normalized spacial score (nSPS) is 13.7. The molecule has 57 heavy (non-hydrogen) atoms. The minimum atomic E-state index is -4.37. The molecule has 0 aliphatic rings. The van der Waals surface area contributed by atoms with Crippen molar-refractivity contribution in [3.63, 3.8) is 0 Å². The van der Waals surface area contributed by atoms with Crippen molar-refractivity contribution in [3.8, 4) is 0 Å². The van der Waals surface area contributed by atoms with Gasteiger partial charge in [0.2, 0.25) is 0 Å². The fourth-order valence-corrected chi connectivity index (χ4v) is 7.26. The van der Waals surface area contributed by atoms with Crippen molar-refractivity contribution in [2.45, 2.75) is 219 Å². The number of allylic oxidation sites excluding steroid dienone is 4. The first-order chi connectivity index (χ1) is 27.5. The molecule has 0 rings (SSSR count). The van der Waals surface area contributed by atoms with Gasteiger partial charge in [0, 0.05) is 12.8 Å². The van der Waals surface area contributed by atoms with Crippen molar-refractivity contribution < 1.29 is 42.1 Å². The van der Waals surface area contributed by atoms with Crippen LogP contribution >= 0.6 is 7.82 Å². The predicted molar refractivity (Wildman–Crippen MR) is 238 cm³/mol. The highest BCUT2D eigenvalue weighted by atomic mass is 31.2. The number of carbonyl (C=O) groups is 2. The molecule has 1 N–H and O–H groups in total. The van der Waals surface area contributed by atoms with Crippen LogP contribution in [0.3, 0.4) is 0 Å². The summed E-state index contributed by atoms with van der Waals surface area (Å²) in [5, 5.41) is 0. The lowest BCUT2D eigenvalue weighted by Gasteiger charge is -2.24. The van der Waals surface area contributed by atoms with Gasteiger partial charge in [0.25, 0.3) is 0 Å². The fraction of sp³-hybridized carbons (Fsp3) is 0.872. The minimum Gasteiger partial charge on any atom is -0.462 e. The van der Waals surface area contributed by atoms with Gasteiger partial charge < -0.3 is 18.9 Å². The smallest absolute Gasteiger partial charge is 0.462 e. The van der Waals surface area contributed by atoms with Crippen molar-refractivity contribution in [3.05, 3.63) is 24.3 Å². The Bertz CT molecular complexity index is 1030. The van der Waals surface area contributed by atoms with E-state index in [1.54, 1.807) is 0 Å². The van der Waals surface area contributed by atoms with E-state index in [4.69, 9.17) is 18.5 Å². The Morgan fingerprint density at radius 1 is 0.544 bits per heavy atom. The van der Waals surface area contributed by atoms with Gasteiger partial charge in [0.05, 0.1) is 27.7 Å². The quantitative estimate of drug-likeness (QED) is 0.0213. The van der Waals surface area contributed by atoms with Crippen LogP contribution in [0, 0.1) is 0 Å². The van der Waals surface area contributed by atoms with Crippen LogP contribution < -0.4 is 0 Å². The number of esters is 2. The number of hydrogen-bond donors (Lipinski definition) is 1. The highest BCUT2D eigenvalue weighted by Crippen LogP contribution is 2.43. The first-order valence-corrected chi connectivity index (χ1v) is 25.1. The zero-order valence-electron chi connectivity index (χ0n) is 37.8. The maximum Gasteiger partial charge on any atom is 0.472 e. The average molecular weight is 829 g/mol.